The summed E-state index contributed by atoms with van der Waals surface area (Å²) >= 11 is 0. The molecule has 0 aromatic heterocycles. The molecule has 0 aliphatic rings. The number of allylic oxidation sites excluding steroid dienone is 2. The summed E-state index contributed by atoms with van der Waals surface area (Å²) in [5.74, 6) is 0. The van der Waals surface area contributed by atoms with Crippen LogP contribution in [-0.4, -0.2) is 42.4 Å². The molecule has 2 nitrogen and oxygen atoms in total. The van der Waals surface area contributed by atoms with Crippen LogP contribution in [0.2, 0.25) is 0 Å². The molecule has 0 heterocycles. The Labute approximate surface area is 261 Å². The first-order chi connectivity index (χ1) is 20.1. The molecule has 0 radical (unpaired) electrons. The number of likely N-dealkylation sites (N-methyl/N-ethyl adjacent to an activating group) is 1. The molecular formula is C39H80NO+. The summed E-state index contributed by atoms with van der Waals surface area (Å²) in [6.07, 6.45) is 45.4. The quantitative estimate of drug-likeness (QED) is 0.0457. The van der Waals surface area contributed by atoms with E-state index in [1.807, 2.05) is 0 Å². The van der Waals surface area contributed by atoms with Gasteiger partial charge in [-0.1, -0.05) is 161 Å². The third kappa shape index (κ3) is 28.2. The zero-order chi connectivity index (χ0) is 30.1. The highest BCUT2D eigenvalue weighted by molar-refractivity contribution is 4.81. The van der Waals surface area contributed by atoms with Gasteiger partial charge >= 0.3 is 0 Å². The minimum Gasteiger partial charge on any atom is -0.391 e. The van der Waals surface area contributed by atoms with Crippen molar-refractivity contribution in [2.24, 2.45) is 0 Å². The van der Waals surface area contributed by atoms with Gasteiger partial charge in [0.25, 0.3) is 0 Å². The Morgan fingerprint density at radius 2 is 0.805 bits per heavy atom. The van der Waals surface area contributed by atoms with E-state index in [1.54, 1.807) is 0 Å². The van der Waals surface area contributed by atoms with Crippen molar-refractivity contribution >= 4 is 0 Å². The van der Waals surface area contributed by atoms with Gasteiger partial charge in [0.15, 0.2) is 0 Å². The van der Waals surface area contributed by atoms with E-state index in [2.05, 4.69) is 40.0 Å². The van der Waals surface area contributed by atoms with Crippen LogP contribution in [0.25, 0.3) is 0 Å². The van der Waals surface area contributed by atoms with Gasteiger partial charge in [-0.2, -0.15) is 0 Å². The molecule has 41 heavy (non-hydrogen) atoms. The molecule has 0 saturated heterocycles. The maximum atomic E-state index is 9.76. The first-order valence-corrected chi connectivity index (χ1v) is 19.2. The van der Waals surface area contributed by atoms with Gasteiger partial charge in [-0.25, -0.2) is 0 Å². The number of quaternary nitrogens is 1. The number of unbranched alkanes of at least 4 members (excludes halogenated alkanes) is 25. The topological polar surface area (TPSA) is 20.2 Å². The molecule has 0 fully saturated rings. The maximum Gasteiger partial charge on any atom is 0.102 e. The van der Waals surface area contributed by atoms with Crippen molar-refractivity contribution < 1.29 is 9.59 Å². The largest absolute Gasteiger partial charge is 0.391 e. The predicted octanol–water partition coefficient (Wildman–Crippen LogP) is 12.7. The van der Waals surface area contributed by atoms with Crippen molar-refractivity contribution in [1.29, 1.82) is 0 Å². The van der Waals surface area contributed by atoms with Crippen molar-refractivity contribution in [3.8, 4) is 0 Å². The Kier molecular flexibility index (Phi) is 32.3. The summed E-state index contributed by atoms with van der Waals surface area (Å²) in [5, 5.41) is 9.76. The summed E-state index contributed by atoms with van der Waals surface area (Å²) in [7, 11) is 2.40. The van der Waals surface area contributed by atoms with Gasteiger partial charge < -0.3 is 9.59 Å². The number of nitrogens with zero attached hydrogens (tertiary/aromatic N) is 1. The van der Waals surface area contributed by atoms with Crippen molar-refractivity contribution in [1.82, 2.24) is 0 Å². The fraction of sp³-hybridized carbons (Fsp3) is 0.949. The van der Waals surface area contributed by atoms with Crippen LogP contribution in [0.3, 0.4) is 0 Å². The van der Waals surface area contributed by atoms with Gasteiger partial charge in [0.05, 0.1) is 26.2 Å². The zero-order valence-corrected chi connectivity index (χ0v) is 29.3. The third-order valence-corrected chi connectivity index (χ3v) is 9.83. The van der Waals surface area contributed by atoms with Crippen LogP contribution in [-0.2, 0) is 0 Å². The Bertz CT molecular complexity index is 518. The molecule has 2 unspecified atom stereocenters. The lowest BCUT2D eigenvalue weighted by atomic mass is 10.0. The van der Waals surface area contributed by atoms with Gasteiger partial charge in [0, 0.05) is 0 Å². The van der Waals surface area contributed by atoms with Crippen LogP contribution in [0, 0.1) is 0 Å². The third-order valence-electron chi connectivity index (χ3n) is 9.83. The lowest BCUT2D eigenvalue weighted by molar-refractivity contribution is -0.932. The van der Waals surface area contributed by atoms with Crippen LogP contribution in [0.5, 0.6) is 0 Å². The molecule has 0 bridgehead atoms. The molecule has 1 N–H and O–H groups in total. The fourth-order valence-electron chi connectivity index (χ4n) is 6.45. The van der Waals surface area contributed by atoms with E-state index in [1.165, 1.54) is 193 Å². The normalized spacial score (nSPS) is 14.2. The van der Waals surface area contributed by atoms with Crippen LogP contribution in [0.15, 0.2) is 12.2 Å². The van der Waals surface area contributed by atoms with Crippen molar-refractivity contribution in [2.45, 2.75) is 213 Å². The Balaban J connectivity index is 3.69. The Hall–Kier alpha value is -0.340. The monoisotopic (exact) mass is 579 g/mol. The Morgan fingerprint density at radius 1 is 0.463 bits per heavy atom. The number of rotatable bonds is 34. The van der Waals surface area contributed by atoms with E-state index >= 15 is 0 Å². The molecule has 2 heteroatoms. The zero-order valence-electron chi connectivity index (χ0n) is 29.3. The van der Waals surface area contributed by atoms with Crippen molar-refractivity contribution in [3.05, 3.63) is 12.2 Å². The first kappa shape index (κ1) is 40.7. The van der Waals surface area contributed by atoms with E-state index in [0.717, 1.165) is 11.0 Å². The van der Waals surface area contributed by atoms with E-state index in [0.29, 0.717) is 12.6 Å². The molecular weight excluding hydrogens is 498 g/mol. The van der Waals surface area contributed by atoms with Gasteiger partial charge in [-0.3, -0.25) is 0 Å². The summed E-state index contributed by atoms with van der Waals surface area (Å²) in [6, 6.07) is 0.669. The van der Waals surface area contributed by atoms with Gasteiger partial charge in [-0.05, 0) is 58.3 Å². The average Bonchev–Trinajstić information content (AvgIpc) is 2.97. The lowest BCUT2D eigenvalue weighted by Gasteiger charge is -2.40. The highest BCUT2D eigenvalue weighted by Gasteiger charge is 2.27. The van der Waals surface area contributed by atoms with Crippen LogP contribution in [0.1, 0.15) is 207 Å². The molecule has 0 amide bonds. The van der Waals surface area contributed by atoms with E-state index in [9.17, 15) is 5.11 Å². The van der Waals surface area contributed by atoms with Crippen LogP contribution < -0.4 is 0 Å². The van der Waals surface area contributed by atoms with Crippen molar-refractivity contribution in [2.75, 3.05) is 26.7 Å². The molecule has 0 saturated carbocycles. The lowest BCUT2D eigenvalue weighted by Crippen LogP contribution is -2.53. The summed E-state index contributed by atoms with van der Waals surface area (Å²) in [4.78, 5) is 0. The molecule has 0 aromatic rings. The number of aliphatic hydroxyl groups excluding tert-OH is 1. The van der Waals surface area contributed by atoms with Gasteiger partial charge in [0.2, 0.25) is 0 Å². The summed E-state index contributed by atoms with van der Waals surface area (Å²) in [6.45, 7) is 9.52. The second-order valence-electron chi connectivity index (χ2n) is 13.8. The maximum absolute atomic E-state index is 9.76. The standard InChI is InChI=1S/C39H80NO/c1-5-7-9-11-13-15-17-19-21-22-24-26-28-30-32-34-36-40(4,37-38-41)39(3)35-33-31-29-27-25-23-20-18-16-14-12-10-8-6-2/h19,21,39,41H,5-18,20,22-38H2,1-4H3/q+1. The Morgan fingerprint density at radius 3 is 1.20 bits per heavy atom. The minimum absolute atomic E-state index is 0.325. The summed E-state index contributed by atoms with van der Waals surface area (Å²) < 4.78 is 1.07. The molecule has 0 aromatic carbocycles. The molecule has 0 aliphatic heterocycles. The predicted molar refractivity (Wildman–Crippen MR) is 187 cm³/mol. The van der Waals surface area contributed by atoms with E-state index < -0.39 is 0 Å². The van der Waals surface area contributed by atoms with Crippen LogP contribution >= 0.6 is 0 Å². The van der Waals surface area contributed by atoms with E-state index in [-0.39, 0.29) is 0 Å². The van der Waals surface area contributed by atoms with E-state index in [4.69, 9.17) is 0 Å². The molecule has 2 atom stereocenters. The number of aliphatic hydroxyl groups is 1. The van der Waals surface area contributed by atoms with Gasteiger partial charge in [-0.15, -0.1) is 0 Å². The average molecular weight is 579 g/mol. The second kappa shape index (κ2) is 32.6. The smallest absolute Gasteiger partial charge is 0.102 e. The minimum atomic E-state index is 0.325. The molecule has 246 valence electrons. The number of hydrogen-bond donors (Lipinski definition) is 1. The molecule has 0 rings (SSSR count). The van der Waals surface area contributed by atoms with Crippen molar-refractivity contribution in [3.63, 3.8) is 0 Å². The SMILES string of the molecule is CCCCCCCCC=CCCCCCCCC[N+](C)(CCO)C(C)CCCCCCCCCCCCCCCC. The van der Waals surface area contributed by atoms with Crippen LogP contribution in [0.4, 0.5) is 0 Å². The number of hydrogen-bond acceptors (Lipinski definition) is 1. The summed E-state index contributed by atoms with van der Waals surface area (Å²) in [5.41, 5.74) is 0. The first-order valence-electron chi connectivity index (χ1n) is 19.2. The molecule has 0 aliphatic carbocycles. The highest BCUT2D eigenvalue weighted by Crippen LogP contribution is 2.20. The molecule has 0 spiro atoms. The van der Waals surface area contributed by atoms with Gasteiger partial charge in [0.1, 0.15) is 6.54 Å². The second-order valence-corrected chi connectivity index (χ2v) is 13.8. The fourth-order valence-corrected chi connectivity index (χ4v) is 6.45. The highest BCUT2D eigenvalue weighted by atomic mass is 16.3.